The first-order valence-electron chi connectivity index (χ1n) is 6.41. The number of carbonyl (C=O) groups is 1. The summed E-state index contributed by atoms with van der Waals surface area (Å²) in [5.74, 6) is -2.40. The van der Waals surface area contributed by atoms with Crippen LogP contribution in [-0.2, 0) is 4.79 Å². The second-order valence-electron chi connectivity index (χ2n) is 4.47. The van der Waals surface area contributed by atoms with E-state index in [0.717, 1.165) is 22.3 Å². The number of halogens is 2. The van der Waals surface area contributed by atoms with Gasteiger partial charge in [-0.15, -0.1) is 11.3 Å². The summed E-state index contributed by atoms with van der Waals surface area (Å²) in [5, 5.41) is 3.15. The van der Waals surface area contributed by atoms with E-state index in [2.05, 4.69) is 10.3 Å². The van der Waals surface area contributed by atoms with Gasteiger partial charge in [-0.25, -0.2) is 13.8 Å². The molecule has 3 nitrogen and oxygen atoms in total. The molecular weight excluding hydrogens is 306 g/mol. The number of amides is 1. The van der Waals surface area contributed by atoms with Crippen LogP contribution in [0.2, 0.25) is 0 Å². The standard InChI is InChI=1S/C16H10F2N2OS/c17-11-6-5-10(9-12(11)18)19-15(21)7-8-16-20-13-3-1-2-4-14(13)22-16/h1-9H,(H,19,21). The number of anilines is 1. The van der Waals surface area contributed by atoms with Gasteiger partial charge in [0, 0.05) is 17.8 Å². The number of aromatic nitrogens is 1. The van der Waals surface area contributed by atoms with Gasteiger partial charge in [-0.2, -0.15) is 0 Å². The molecule has 0 aliphatic rings. The molecule has 3 rings (SSSR count). The predicted molar refractivity (Wildman–Crippen MR) is 83.6 cm³/mol. The van der Waals surface area contributed by atoms with E-state index in [4.69, 9.17) is 0 Å². The zero-order valence-corrected chi connectivity index (χ0v) is 12.0. The lowest BCUT2D eigenvalue weighted by molar-refractivity contribution is -0.111. The number of benzene rings is 2. The summed E-state index contributed by atoms with van der Waals surface area (Å²) >= 11 is 1.46. The van der Waals surface area contributed by atoms with Crippen molar-refractivity contribution in [3.8, 4) is 0 Å². The van der Waals surface area contributed by atoms with E-state index in [9.17, 15) is 13.6 Å². The van der Waals surface area contributed by atoms with E-state index in [1.54, 1.807) is 6.08 Å². The SMILES string of the molecule is O=C(C=Cc1nc2ccccc2s1)Nc1ccc(F)c(F)c1. The molecule has 0 atom stereocenters. The lowest BCUT2D eigenvalue weighted by Crippen LogP contribution is -2.08. The Morgan fingerprint density at radius 2 is 1.95 bits per heavy atom. The van der Waals surface area contributed by atoms with Crippen molar-refractivity contribution in [2.45, 2.75) is 0 Å². The minimum atomic E-state index is -1.01. The van der Waals surface area contributed by atoms with E-state index in [0.29, 0.717) is 5.01 Å². The number of thiazole rings is 1. The van der Waals surface area contributed by atoms with Crippen molar-refractivity contribution in [1.82, 2.24) is 4.98 Å². The highest BCUT2D eigenvalue weighted by atomic mass is 32.1. The summed E-state index contributed by atoms with van der Waals surface area (Å²) in [6.07, 6.45) is 2.89. The molecule has 0 saturated carbocycles. The number of hydrogen-bond donors (Lipinski definition) is 1. The molecule has 2 aromatic carbocycles. The van der Waals surface area contributed by atoms with Gasteiger partial charge in [0.1, 0.15) is 5.01 Å². The topological polar surface area (TPSA) is 42.0 Å². The Bertz CT molecular complexity index is 840. The first-order chi connectivity index (χ1) is 10.6. The second kappa shape index (κ2) is 6.03. The lowest BCUT2D eigenvalue weighted by Gasteiger charge is -2.02. The third-order valence-corrected chi connectivity index (χ3v) is 3.88. The number of fused-ring (bicyclic) bond motifs is 1. The van der Waals surface area contributed by atoms with E-state index in [1.807, 2.05) is 24.3 Å². The third kappa shape index (κ3) is 3.17. The Labute approximate surface area is 128 Å². The van der Waals surface area contributed by atoms with Gasteiger partial charge in [0.2, 0.25) is 5.91 Å². The number of para-hydroxylation sites is 1. The maximum atomic E-state index is 13.0. The number of nitrogens with one attached hydrogen (secondary N) is 1. The van der Waals surface area contributed by atoms with Crippen LogP contribution in [0.5, 0.6) is 0 Å². The Hall–Kier alpha value is -2.60. The van der Waals surface area contributed by atoms with Crippen molar-refractivity contribution in [3.05, 3.63) is 65.2 Å². The molecule has 0 spiro atoms. The lowest BCUT2D eigenvalue weighted by atomic mass is 10.3. The summed E-state index contributed by atoms with van der Waals surface area (Å²) < 4.78 is 26.9. The van der Waals surface area contributed by atoms with Gasteiger partial charge in [0.05, 0.1) is 10.2 Å². The number of carbonyl (C=O) groups excluding carboxylic acids is 1. The van der Waals surface area contributed by atoms with Crippen LogP contribution in [0.1, 0.15) is 5.01 Å². The van der Waals surface area contributed by atoms with Crippen LogP contribution < -0.4 is 5.32 Å². The van der Waals surface area contributed by atoms with Crippen LogP contribution in [0.25, 0.3) is 16.3 Å². The van der Waals surface area contributed by atoms with E-state index < -0.39 is 17.5 Å². The second-order valence-corrected chi connectivity index (χ2v) is 5.53. The largest absolute Gasteiger partial charge is 0.322 e. The molecule has 1 amide bonds. The minimum absolute atomic E-state index is 0.192. The Morgan fingerprint density at radius 1 is 1.14 bits per heavy atom. The van der Waals surface area contributed by atoms with Gasteiger partial charge in [0.15, 0.2) is 11.6 Å². The summed E-state index contributed by atoms with van der Waals surface area (Å²) in [5.41, 5.74) is 1.06. The normalized spacial score (nSPS) is 11.2. The van der Waals surface area contributed by atoms with Crippen LogP contribution in [-0.4, -0.2) is 10.9 Å². The molecule has 0 unspecified atom stereocenters. The molecule has 0 radical (unpaired) electrons. The summed E-state index contributed by atoms with van der Waals surface area (Å²) in [7, 11) is 0. The maximum Gasteiger partial charge on any atom is 0.248 e. The van der Waals surface area contributed by atoms with Crippen molar-refractivity contribution in [1.29, 1.82) is 0 Å². The van der Waals surface area contributed by atoms with Gasteiger partial charge < -0.3 is 5.32 Å². The molecular formula is C16H10F2N2OS. The average Bonchev–Trinajstić information content (AvgIpc) is 2.92. The fraction of sp³-hybridized carbons (Fsp3) is 0. The maximum absolute atomic E-state index is 13.0. The van der Waals surface area contributed by atoms with E-state index in [-0.39, 0.29) is 5.69 Å². The Balaban J connectivity index is 1.71. The molecule has 0 fully saturated rings. The minimum Gasteiger partial charge on any atom is -0.322 e. The van der Waals surface area contributed by atoms with Gasteiger partial charge >= 0.3 is 0 Å². The van der Waals surface area contributed by atoms with Crippen LogP contribution in [0, 0.1) is 11.6 Å². The quantitative estimate of drug-likeness (QED) is 0.735. The van der Waals surface area contributed by atoms with Crippen LogP contribution >= 0.6 is 11.3 Å². The van der Waals surface area contributed by atoms with Gasteiger partial charge in [-0.3, -0.25) is 4.79 Å². The Morgan fingerprint density at radius 3 is 2.73 bits per heavy atom. The third-order valence-electron chi connectivity index (χ3n) is 2.87. The molecule has 110 valence electrons. The van der Waals surface area contributed by atoms with Crippen LogP contribution in [0.3, 0.4) is 0 Å². The molecule has 3 aromatic rings. The average molecular weight is 316 g/mol. The van der Waals surface area contributed by atoms with Crippen molar-refractivity contribution in [2.75, 3.05) is 5.32 Å². The number of nitrogens with zero attached hydrogens (tertiary/aromatic N) is 1. The number of rotatable bonds is 3. The van der Waals surface area contributed by atoms with Crippen molar-refractivity contribution >= 4 is 39.2 Å². The monoisotopic (exact) mass is 316 g/mol. The Kier molecular flexibility index (Phi) is 3.93. The molecule has 6 heteroatoms. The number of hydrogen-bond acceptors (Lipinski definition) is 3. The molecule has 1 N–H and O–H groups in total. The molecule has 0 aliphatic heterocycles. The zero-order valence-electron chi connectivity index (χ0n) is 11.2. The van der Waals surface area contributed by atoms with Gasteiger partial charge in [0.25, 0.3) is 0 Å². The van der Waals surface area contributed by atoms with Crippen molar-refractivity contribution < 1.29 is 13.6 Å². The highest BCUT2D eigenvalue weighted by Crippen LogP contribution is 2.22. The van der Waals surface area contributed by atoms with Crippen LogP contribution in [0.15, 0.2) is 48.5 Å². The highest BCUT2D eigenvalue weighted by molar-refractivity contribution is 7.19. The van der Waals surface area contributed by atoms with Crippen LogP contribution in [0.4, 0.5) is 14.5 Å². The fourth-order valence-electron chi connectivity index (χ4n) is 1.87. The summed E-state index contributed by atoms with van der Waals surface area (Å²) in [4.78, 5) is 16.1. The van der Waals surface area contributed by atoms with Crippen molar-refractivity contribution in [2.24, 2.45) is 0 Å². The first-order valence-corrected chi connectivity index (χ1v) is 7.23. The molecule has 0 aliphatic carbocycles. The van der Waals surface area contributed by atoms with Gasteiger partial charge in [-0.05, 0) is 30.3 Å². The van der Waals surface area contributed by atoms with E-state index in [1.165, 1.54) is 23.5 Å². The van der Waals surface area contributed by atoms with Gasteiger partial charge in [-0.1, -0.05) is 12.1 Å². The molecule has 1 heterocycles. The molecule has 0 saturated heterocycles. The smallest absolute Gasteiger partial charge is 0.248 e. The molecule has 1 aromatic heterocycles. The summed E-state index contributed by atoms with van der Waals surface area (Å²) in [6, 6.07) is 10.8. The predicted octanol–water partition coefficient (Wildman–Crippen LogP) is 4.23. The highest BCUT2D eigenvalue weighted by Gasteiger charge is 2.05. The first kappa shape index (κ1) is 14.3. The van der Waals surface area contributed by atoms with Crippen molar-refractivity contribution in [3.63, 3.8) is 0 Å². The zero-order chi connectivity index (χ0) is 15.5. The van der Waals surface area contributed by atoms with E-state index >= 15 is 0 Å². The molecule has 22 heavy (non-hydrogen) atoms. The fourth-order valence-corrected chi connectivity index (χ4v) is 2.74. The molecule has 0 bridgehead atoms. The summed E-state index contributed by atoms with van der Waals surface area (Å²) in [6.45, 7) is 0.